The maximum Gasteiger partial charge on any atom is 0.277 e. The molecular weight excluding hydrogens is 286 g/mol. The van der Waals surface area contributed by atoms with Crippen molar-refractivity contribution in [3.05, 3.63) is 55.0 Å². The summed E-state index contributed by atoms with van der Waals surface area (Å²) in [5, 5.41) is 6.21. The summed E-state index contributed by atoms with van der Waals surface area (Å²) in [7, 11) is 0. The van der Waals surface area contributed by atoms with E-state index >= 15 is 0 Å². The number of pyridine rings is 1. The molecule has 0 aliphatic carbocycles. The number of anilines is 1. The fourth-order valence-electron chi connectivity index (χ4n) is 2.05. The Kier molecular flexibility index (Phi) is 2.72. The topological polar surface area (TPSA) is 98.5 Å². The molecule has 0 saturated carbocycles. The van der Waals surface area contributed by atoms with E-state index in [0.717, 1.165) is 5.56 Å². The van der Waals surface area contributed by atoms with Gasteiger partial charge in [-0.25, -0.2) is 9.97 Å². The second kappa shape index (κ2) is 4.85. The molecule has 4 aromatic heterocycles. The van der Waals surface area contributed by atoms with Gasteiger partial charge in [0, 0.05) is 18.5 Å². The second-order valence-electron chi connectivity index (χ2n) is 4.49. The van der Waals surface area contributed by atoms with Gasteiger partial charge in [0.25, 0.3) is 5.91 Å². The number of fused-ring (bicyclic) bond motifs is 1. The molecule has 0 unspecified atom stereocenters. The zero-order chi connectivity index (χ0) is 14.9. The standard InChI is InChI=1S/C14H9N5O3/c20-13(17-11-3-5-22-18-11)10-8-19-7-9(1-2-12(19)16-10)14-15-4-6-21-14/h1-8H,(H,17,18,20). The van der Waals surface area contributed by atoms with Crippen molar-refractivity contribution in [3.8, 4) is 11.5 Å². The van der Waals surface area contributed by atoms with E-state index in [-0.39, 0.29) is 11.6 Å². The molecule has 0 aliphatic heterocycles. The Balaban J connectivity index is 1.67. The van der Waals surface area contributed by atoms with E-state index in [1.165, 1.54) is 12.5 Å². The fourth-order valence-corrected chi connectivity index (χ4v) is 2.05. The van der Waals surface area contributed by atoms with E-state index in [9.17, 15) is 4.79 Å². The number of oxazole rings is 1. The van der Waals surface area contributed by atoms with Crippen molar-refractivity contribution in [2.24, 2.45) is 0 Å². The molecule has 4 rings (SSSR count). The van der Waals surface area contributed by atoms with Crippen LogP contribution in [0.2, 0.25) is 0 Å². The summed E-state index contributed by atoms with van der Waals surface area (Å²) in [5.41, 5.74) is 1.70. The number of rotatable bonds is 3. The van der Waals surface area contributed by atoms with Gasteiger partial charge in [-0.3, -0.25) is 4.79 Å². The highest BCUT2D eigenvalue weighted by Gasteiger charge is 2.13. The lowest BCUT2D eigenvalue weighted by Crippen LogP contribution is -2.12. The number of carbonyl (C=O) groups is 1. The predicted molar refractivity (Wildman–Crippen MR) is 75.1 cm³/mol. The van der Waals surface area contributed by atoms with E-state index in [1.807, 2.05) is 6.07 Å². The van der Waals surface area contributed by atoms with E-state index in [4.69, 9.17) is 4.42 Å². The first-order valence-corrected chi connectivity index (χ1v) is 6.40. The van der Waals surface area contributed by atoms with Gasteiger partial charge in [-0.15, -0.1) is 0 Å². The third-order valence-corrected chi connectivity index (χ3v) is 3.04. The summed E-state index contributed by atoms with van der Waals surface area (Å²) >= 11 is 0. The molecule has 0 aromatic carbocycles. The van der Waals surface area contributed by atoms with E-state index in [2.05, 4.69) is 25.0 Å². The van der Waals surface area contributed by atoms with E-state index in [1.54, 1.807) is 35.1 Å². The molecule has 0 fully saturated rings. The van der Waals surface area contributed by atoms with Gasteiger partial charge in [0.15, 0.2) is 5.82 Å². The number of hydrogen-bond acceptors (Lipinski definition) is 6. The average molecular weight is 295 g/mol. The first-order chi connectivity index (χ1) is 10.8. The van der Waals surface area contributed by atoms with Crippen molar-refractivity contribution in [2.75, 3.05) is 5.32 Å². The van der Waals surface area contributed by atoms with Crippen LogP contribution in [0.15, 0.2) is 58.3 Å². The van der Waals surface area contributed by atoms with Gasteiger partial charge >= 0.3 is 0 Å². The number of amides is 1. The normalized spacial score (nSPS) is 10.9. The van der Waals surface area contributed by atoms with Gasteiger partial charge in [0.2, 0.25) is 5.89 Å². The largest absolute Gasteiger partial charge is 0.444 e. The lowest BCUT2D eigenvalue weighted by atomic mass is 10.3. The number of nitrogens with zero attached hydrogens (tertiary/aromatic N) is 4. The number of hydrogen-bond donors (Lipinski definition) is 1. The Morgan fingerprint density at radius 3 is 2.91 bits per heavy atom. The number of aromatic nitrogens is 4. The Labute approximate surface area is 123 Å². The van der Waals surface area contributed by atoms with Crippen LogP contribution in [0.5, 0.6) is 0 Å². The van der Waals surface area contributed by atoms with Crippen LogP contribution in [0.4, 0.5) is 5.82 Å². The van der Waals surface area contributed by atoms with Gasteiger partial charge in [-0.2, -0.15) is 0 Å². The lowest BCUT2D eigenvalue weighted by molar-refractivity contribution is 0.102. The number of carbonyl (C=O) groups excluding carboxylic acids is 1. The highest BCUT2D eigenvalue weighted by atomic mass is 16.5. The predicted octanol–water partition coefficient (Wildman–Crippen LogP) is 2.23. The molecule has 8 heteroatoms. The summed E-state index contributed by atoms with van der Waals surface area (Å²) in [6.45, 7) is 0. The summed E-state index contributed by atoms with van der Waals surface area (Å²) in [4.78, 5) is 20.4. The zero-order valence-corrected chi connectivity index (χ0v) is 11.1. The first kappa shape index (κ1) is 12.3. The summed E-state index contributed by atoms with van der Waals surface area (Å²) < 4.78 is 11.6. The Bertz CT molecular complexity index is 925. The summed E-state index contributed by atoms with van der Waals surface area (Å²) in [6, 6.07) is 5.16. The van der Waals surface area contributed by atoms with Gasteiger partial charge in [-0.05, 0) is 12.1 Å². The van der Waals surface area contributed by atoms with Crippen LogP contribution in [-0.2, 0) is 0 Å². The van der Waals surface area contributed by atoms with Gasteiger partial charge in [-0.1, -0.05) is 5.16 Å². The van der Waals surface area contributed by atoms with Gasteiger partial charge < -0.3 is 18.7 Å². The molecule has 108 valence electrons. The number of imidazole rings is 1. The second-order valence-corrected chi connectivity index (χ2v) is 4.49. The van der Waals surface area contributed by atoms with Crippen molar-refractivity contribution in [1.29, 1.82) is 0 Å². The quantitative estimate of drug-likeness (QED) is 0.622. The highest BCUT2D eigenvalue weighted by molar-refractivity contribution is 6.02. The minimum atomic E-state index is -0.365. The maximum atomic E-state index is 12.1. The fraction of sp³-hybridized carbons (Fsp3) is 0. The molecule has 4 aromatic rings. The summed E-state index contributed by atoms with van der Waals surface area (Å²) in [6.07, 6.45) is 7.87. The van der Waals surface area contributed by atoms with Gasteiger partial charge in [0.1, 0.15) is 23.9 Å². The zero-order valence-electron chi connectivity index (χ0n) is 11.1. The van der Waals surface area contributed by atoms with Crippen molar-refractivity contribution >= 4 is 17.4 Å². The van der Waals surface area contributed by atoms with E-state index in [0.29, 0.717) is 17.4 Å². The van der Waals surface area contributed by atoms with Crippen molar-refractivity contribution in [2.45, 2.75) is 0 Å². The molecule has 0 aliphatic rings. The molecule has 22 heavy (non-hydrogen) atoms. The minimum absolute atomic E-state index is 0.271. The molecule has 8 nitrogen and oxygen atoms in total. The van der Waals surface area contributed by atoms with E-state index < -0.39 is 0 Å². The van der Waals surface area contributed by atoms with Gasteiger partial charge in [0.05, 0.1) is 11.8 Å². The molecule has 0 atom stereocenters. The molecule has 1 N–H and O–H groups in total. The third kappa shape index (κ3) is 2.12. The number of nitrogens with one attached hydrogen (secondary N) is 1. The minimum Gasteiger partial charge on any atom is -0.444 e. The van der Waals surface area contributed by atoms with Crippen LogP contribution in [0.25, 0.3) is 17.1 Å². The molecule has 0 spiro atoms. The molecule has 0 saturated heterocycles. The Morgan fingerprint density at radius 1 is 1.18 bits per heavy atom. The Hall–Kier alpha value is -3.42. The van der Waals surface area contributed by atoms with Crippen molar-refractivity contribution in [3.63, 3.8) is 0 Å². The third-order valence-electron chi connectivity index (χ3n) is 3.04. The van der Waals surface area contributed by atoms with Crippen LogP contribution in [-0.4, -0.2) is 25.4 Å². The summed E-state index contributed by atoms with van der Waals surface area (Å²) in [5.74, 6) is 0.474. The molecule has 1 amide bonds. The lowest BCUT2D eigenvalue weighted by Gasteiger charge is -1.96. The van der Waals surface area contributed by atoms with Crippen molar-refractivity contribution < 1.29 is 13.7 Å². The Morgan fingerprint density at radius 2 is 2.14 bits per heavy atom. The van der Waals surface area contributed by atoms with Crippen LogP contribution in [0.1, 0.15) is 10.5 Å². The van der Waals surface area contributed by atoms with Crippen LogP contribution in [0, 0.1) is 0 Å². The van der Waals surface area contributed by atoms with Crippen LogP contribution >= 0.6 is 0 Å². The molecular formula is C14H9N5O3. The molecule has 0 bridgehead atoms. The molecule has 4 heterocycles. The van der Waals surface area contributed by atoms with Crippen LogP contribution < -0.4 is 5.32 Å². The van der Waals surface area contributed by atoms with Crippen molar-refractivity contribution in [1.82, 2.24) is 19.5 Å². The smallest absolute Gasteiger partial charge is 0.277 e. The average Bonchev–Trinajstić information content (AvgIpc) is 3.27. The first-order valence-electron chi connectivity index (χ1n) is 6.40. The van der Waals surface area contributed by atoms with Crippen LogP contribution in [0.3, 0.4) is 0 Å². The monoisotopic (exact) mass is 295 g/mol. The highest BCUT2D eigenvalue weighted by Crippen LogP contribution is 2.18. The maximum absolute atomic E-state index is 12.1. The SMILES string of the molecule is O=C(Nc1ccon1)c1cn2cc(-c3ncco3)ccc2n1. The molecule has 0 radical (unpaired) electrons.